The fourth-order valence-corrected chi connectivity index (χ4v) is 7.47. The van der Waals surface area contributed by atoms with Gasteiger partial charge < -0.3 is 9.80 Å². The van der Waals surface area contributed by atoms with E-state index in [-0.39, 0.29) is 21.7 Å². The molecule has 0 fully saturated rings. The molecule has 0 N–H and O–H groups in total. The maximum Gasteiger partial charge on any atom is 0.0546 e. The van der Waals surface area contributed by atoms with E-state index in [4.69, 9.17) is 0 Å². The molecule has 0 saturated carbocycles. The van der Waals surface area contributed by atoms with Crippen molar-refractivity contribution in [3.05, 3.63) is 202 Å². The van der Waals surface area contributed by atoms with Crippen LogP contribution in [0.4, 0.5) is 22.7 Å². The van der Waals surface area contributed by atoms with Crippen LogP contribution in [0, 0.1) is 17.8 Å². The zero-order chi connectivity index (χ0) is 43.6. The lowest BCUT2D eigenvalue weighted by Gasteiger charge is -2.34. The zero-order valence-electron chi connectivity index (χ0n) is 38.5. The quantitative estimate of drug-likeness (QED) is 0.114. The molecule has 0 aromatic heterocycles. The van der Waals surface area contributed by atoms with Crippen molar-refractivity contribution in [1.82, 2.24) is 0 Å². The highest BCUT2D eigenvalue weighted by atomic mass is 15.2. The van der Waals surface area contributed by atoms with Crippen LogP contribution in [-0.2, 0) is 10.8 Å². The van der Waals surface area contributed by atoms with Crippen molar-refractivity contribution in [3.63, 3.8) is 0 Å². The van der Waals surface area contributed by atoms with E-state index in [1.54, 1.807) is 0 Å². The monoisotopic (exact) mass is 791 g/mol. The molecule has 5 aromatic rings. The molecule has 0 heterocycles. The molecule has 1 aliphatic carbocycles. The summed E-state index contributed by atoms with van der Waals surface area (Å²) in [6.07, 6.45) is 11.2. The van der Waals surface area contributed by atoms with Gasteiger partial charge in [0.2, 0.25) is 0 Å². The van der Waals surface area contributed by atoms with E-state index in [2.05, 4.69) is 264 Å². The highest BCUT2D eigenvalue weighted by Crippen LogP contribution is 2.44. The molecule has 2 heteroatoms. The Balaban J connectivity index is 1.68. The van der Waals surface area contributed by atoms with Gasteiger partial charge in [0.25, 0.3) is 0 Å². The van der Waals surface area contributed by atoms with Crippen LogP contribution in [-0.4, -0.2) is 0 Å². The smallest absolute Gasteiger partial charge is 0.0546 e. The van der Waals surface area contributed by atoms with E-state index in [0.717, 1.165) is 62.0 Å². The number of fused-ring (bicyclic) bond motifs is 2. The average molecular weight is 791 g/mol. The van der Waals surface area contributed by atoms with E-state index in [9.17, 15) is 0 Å². The number of nitrogens with zero attached hydrogens (tertiary/aromatic N) is 2. The maximum absolute atomic E-state index is 4.68. The fourth-order valence-electron chi connectivity index (χ4n) is 7.47. The Morgan fingerprint density at radius 1 is 0.567 bits per heavy atom. The molecule has 1 aliphatic rings. The third-order valence-electron chi connectivity index (χ3n) is 11.5. The summed E-state index contributed by atoms with van der Waals surface area (Å²) < 4.78 is 0. The molecule has 5 aromatic carbocycles. The van der Waals surface area contributed by atoms with Gasteiger partial charge in [-0.3, -0.25) is 0 Å². The summed E-state index contributed by atoms with van der Waals surface area (Å²) in [5.74, 6) is 0. The van der Waals surface area contributed by atoms with Gasteiger partial charge in [0.05, 0.1) is 11.4 Å². The van der Waals surface area contributed by atoms with Crippen LogP contribution < -0.4 is 9.80 Å². The molecule has 0 spiro atoms. The van der Waals surface area contributed by atoms with Crippen molar-refractivity contribution in [1.29, 1.82) is 0 Å². The molecule has 0 aliphatic heterocycles. The van der Waals surface area contributed by atoms with E-state index < -0.39 is 0 Å². The van der Waals surface area contributed by atoms with Crippen molar-refractivity contribution >= 4 is 40.2 Å². The van der Waals surface area contributed by atoms with Crippen LogP contribution in [0.5, 0.6) is 0 Å². The van der Waals surface area contributed by atoms with Crippen molar-refractivity contribution in [2.75, 3.05) is 9.80 Å². The van der Waals surface area contributed by atoms with Crippen LogP contribution in [0.1, 0.15) is 116 Å². The van der Waals surface area contributed by atoms with Crippen molar-refractivity contribution in [2.24, 2.45) is 10.8 Å². The molecule has 0 atom stereocenters. The lowest BCUT2D eigenvalue weighted by molar-refractivity contribution is 0.518. The number of rotatable bonds is 8. The summed E-state index contributed by atoms with van der Waals surface area (Å²) in [6.45, 7) is 34.1. The van der Waals surface area contributed by atoms with Crippen molar-refractivity contribution < 1.29 is 0 Å². The largest absolute Gasteiger partial charge is 0.310 e. The zero-order valence-corrected chi connectivity index (χ0v) is 38.5. The van der Waals surface area contributed by atoms with Gasteiger partial charge in [-0.05, 0) is 123 Å². The van der Waals surface area contributed by atoms with Crippen LogP contribution in [0.2, 0.25) is 0 Å². The lowest BCUT2D eigenvalue weighted by Crippen LogP contribution is -2.21. The second-order valence-corrected chi connectivity index (χ2v) is 20.3. The summed E-state index contributed by atoms with van der Waals surface area (Å²) in [7, 11) is 0. The van der Waals surface area contributed by atoms with E-state index >= 15 is 0 Å². The Morgan fingerprint density at radius 2 is 1.05 bits per heavy atom. The first-order chi connectivity index (χ1) is 28.1. The third-order valence-corrected chi connectivity index (χ3v) is 11.5. The van der Waals surface area contributed by atoms with E-state index in [1.165, 1.54) is 16.7 Å². The fraction of sp³-hybridized carbons (Fsp3) is 0.293. The van der Waals surface area contributed by atoms with Crippen LogP contribution in [0.15, 0.2) is 169 Å². The molecule has 6 rings (SSSR count). The minimum Gasteiger partial charge on any atom is -0.310 e. The summed E-state index contributed by atoms with van der Waals surface area (Å²) in [4.78, 5) is 4.82. The van der Waals surface area contributed by atoms with Crippen molar-refractivity contribution in [2.45, 2.75) is 101 Å². The number of hydrogen-bond acceptors (Lipinski definition) is 2. The molecule has 0 unspecified atom stereocenters. The molecular weight excluding hydrogens is 725 g/mol. The second kappa shape index (κ2) is 17.0. The Kier molecular flexibility index (Phi) is 12.4. The van der Waals surface area contributed by atoms with Crippen LogP contribution in [0.25, 0.3) is 17.5 Å². The molecule has 2 nitrogen and oxygen atoms in total. The van der Waals surface area contributed by atoms with Gasteiger partial charge in [0.1, 0.15) is 0 Å². The van der Waals surface area contributed by atoms with Gasteiger partial charge in [-0.1, -0.05) is 175 Å². The predicted octanol–water partition coefficient (Wildman–Crippen LogP) is 16.7. The molecule has 0 amide bonds. The Morgan fingerprint density at radius 3 is 1.55 bits per heavy atom. The first-order valence-electron chi connectivity index (χ1n) is 21.5. The maximum atomic E-state index is 4.68. The van der Waals surface area contributed by atoms with E-state index in [0.29, 0.717) is 0 Å². The molecule has 0 radical (unpaired) electrons. The predicted molar refractivity (Wildman–Crippen MR) is 263 cm³/mol. The molecular formula is C58H66N2. The number of para-hydroxylation sites is 2. The average Bonchev–Trinajstić information content (AvgIpc) is 3.18. The molecule has 2 bridgehead atoms. The number of benzene rings is 5. The molecule has 60 heavy (non-hydrogen) atoms. The number of allylic oxidation sites excluding steroid dienone is 5. The SMILES string of the molecule is C=C(/C=C(\c1ccc2c(C)c1/C=C\C=C=C(C(C)(C)C)C=C2N(c1ccccc1)c1ccc(C(C)(C)C)cc1)N(c1ccccc1)c1ccc(C(C)(C)C)cc1)C(C)(C)C. The van der Waals surface area contributed by atoms with Crippen LogP contribution in [0.3, 0.4) is 0 Å². The summed E-state index contributed by atoms with van der Waals surface area (Å²) in [5.41, 5.74) is 19.4. The van der Waals surface area contributed by atoms with E-state index in [1.807, 2.05) is 0 Å². The summed E-state index contributed by atoms with van der Waals surface area (Å²) in [6, 6.07) is 44.3. The number of anilines is 4. The first kappa shape index (κ1) is 43.8. The Labute approximate surface area is 362 Å². The van der Waals surface area contributed by atoms with Gasteiger partial charge in [0.15, 0.2) is 0 Å². The standard InChI is InChI=1S/C58H66N2/c1-41(55(3,4)5)39-53(59(46-24-17-15-18-25-46)48-33-29-43(30-34-48)56(6,7)8)52-38-37-51-42(2)50(52)28-22-21-23-45(58(12,13)14)40-54(51)60(47-26-19-16-20-27-47)49-35-31-44(32-36-49)57(9,10)11/h15-22,24-40H,1H2,2-14H3/b28-22-,53-39+,54-40?. The molecule has 0 saturated heterocycles. The Bertz CT molecular complexity index is 2470. The Hall–Kier alpha value is -5.82. The minimum atomic E-state index is -0.161. The van der Waals surface area contributed by atoms with Gasteiger partial charge in [0, 0.05) is 39.4 Å². The van der Waals surface area contributed by atoms with Gasteiger partial charge >= 0.3 is 0 Å². The first-order valence-corrected chi connectivity index (χ1v) is 21.5. The van der Waals surface area contributed by atoms with Crippen molar-refractivity contribution in [3.8, 4) is 0 Å². The highest BCUT2D eigenvalue weighted by molar-refractivity contribution is 5.95. The van der Waals surface area contributed by atoms with Gasteiger partial charge in [-0.15, -0.1) is 5.73 Å². The highest BCUT2D eigenvalue weighted by Gasteiger charge is 2.28. The molecule has 308 valence electrons. The summed E-state index contributed by atoms with van der Waals surface area (Å²) in [5, 5.41) is 0. The topological polar surface area (TPSA) is 6.48 Å². The van der Waals surface area contributed by atoms with Gasteiger partial charge in [-0.25, -0.2) is 0 Å². The normalized spacial score (nSPS) is 14.2. The number of hydrogen-bond donors (Lipinski definition) is 0. The minimum absolute atomic E-state index is 0.0352. The van der Waals surface area contributed by atoms with Crippen LogP contribution >= 0.6 is 0 Å². The lowest BCUT2D eigenvalue weighted by atomic mass is 9.83. The third kappa shape index (κ3) is 9.79. The van der Waals surface area contributed by atoms with Gasteiger partial charge in [-0.2, -0.15) is 0 Å². The second-order valence-electron chi connectivity index (χ2n) is 20.3. The summed E-state index contributed by atoms with van der Waals surface area (Å²) >= 11 is 0.